The number of carbonyl (C=O) groups is 3. The van der Waals surface area contributed by atoms with Crippen LogP contribution in [0.25, 0.3) is 11.1 Å². The summed E-state index contributed by atoms with van der Waals surface area (Å²) in [5.74, 6) is 0.887. The van der Waals surface area contributed by atoms with Crippen molar-refractivity contribution < 1.29 is 29.1 Å². The summed E-state index contributed by atoms with van der Waals surface area (Å²) in [6.07, 6.45) is 0.454. The number of methoxy groups -OCH3 is 1. The topological polar surface area (TPSA) is 145 Å². The van der Waals surface area contributed by atoms with Crippen LogP contribution in [0.4, 0.5) is 16.2 Å². The smallest absolute Gasteiger partial charge is 0.319 e. The monoisotopic (exact) mass is 740 g/mol. The van der Waals surface area contributed by atoms with E-state index in [9.17, 15) is 19.5 Å². The summed E-state index contributed by atoms with van der Waals surface area (Å²) < 4.78 is 6.06. The van der Waals surface area contributed by atoms with Gasteiger partial charge >= 0.3 is 6.03 Å². The number of hydrogen-bond donors (Lipinski definition) is 5. The van der Waals surface area contributed by atoms with Crippen LogP contribution in [0, 0.1) is 29.1 Å². The van der Waals surface area contributed by atoms with Gasteiger partial charge in [0.2, 0.25) is 5.91 Å². The zero-order valence-electron chi connectivity index (χ0n) is 32.7. The fourth-order valence-electron chi connectivity index (χ4n) is 9.04. The number of urea groups is 1. The Morgan fingerprint density at radius 1 is 1.06 bits per heavy atom. The number of nitrogens with zero attached hydrogens (tertiary/aromatic N) is 2. The molecule has 5 N–H and O–H groups in total. The van der Waals surface area contributed by atoms with Gasteiger partial charge in [-0.15, -0.1) is 0 Å². The van der Waals surface area contributed by atoms with E-state index in [0.717, 1.165) is 28.8 Å². The third-order valence-electron chi connectivity index (χ3n) is 12.2. The number of hydrogen-bond acceptors (Lipinski definition) is 8. The molecule has 3 aliphatic carbocycles. The first kappa shape index (κ1) is 39.1. The molecule has 0 aromatic heterocycles. The Hall–Kier alpha value is -4.65. The molecule has 54 heavy (non-hydrogen) atoms. The van der Waals surface area contributed by atoms with Gasteiger partial charge in [0, 0.05) is 67.7 Å². The maximum atomic E-state index is 14.5. The molecule has 1 aliphatic heterocycles. The number of ether oxygens (including phenoxy) is 1. The van der Waals surface area contributed by atoms with Crippen LogP contribution in [0.3, 0.4) is 0 Å². The minimum atomic E-state index is -0.934. The zero-order valence-corrected chi connectivity index (χ0v) is 32.7. The molecule has 12 heteroatoms. The number of anilines is 2. The number of amides is 4. The Balaban J connectivity index is 1.31. The molecule has 8 atom stereocenters. The predicted octanol–water partition coefficient (Wildman–Crippen LogP) is 5.28. The van der Waals surface area contributed by atoms with Gasteiger partial charge in [-0.2, -0.15) is 5.06 Å². The minimum absolute atomic E-state index is 0.0101. The lowest BCUT2D eigenvalue weighted by Gasteiger charge is -2.62. The van der Waals surface area contributed by atoms with Crippen LogP contribution in [0.2, 0.25) is 0 Å². The van der Waals surface area contributed by atoms with Crippen molar-refractivity contribution in [2.75, 3.05) is 45.0 Å². The number of carbonyl (C=O) groups excluding carboxylic acids is 3. The molecule has 3 saturated carbocycles. The van der Waals surface area contributed by atoms with Crippen LogP contribution in [-0.2, 0) is 16.2 Å². The highest BCUT2D eigenvalue weighted by molar-refractivity contribution is 5.97. The highest BCUT2D eigenvalue weighted by atomic mass is 16.7. The molecule has 2 bridgehead atoms. The van der Waals surface area contributed by atoms with E-state index in [1.165, 1.54) is 6.42 Å². The van der Waals surface area contributed by atoms with Crippen LogP contribution >= 0.6 is 0 Å². The van der Waals surface area contributed by atoms with Crippen LogP contribution in [0.15, 0.2) is 66.7 Å². The summed E-state index contributed by atoms with van der Waals surface area (Å²) in [6.45, 7) is 8.78. The molecule has 0 spiro atoms. The molecule has 3 aromatic carbocycles. The second kappa shape index (κ2) is 16.0. The molecule has 12 nitrogen and oxygen atoms in total. The summed E-state index contributed by atoms with van der Waals surface area (Å²) in [5.41, 5.74) is 4.57. The Labute approximate surface area is 318 Å². The van der Waals surface area contributed by atoms with Crippen LogP contribution in [0.1, 0.15) is 56.5 Å². The second-order valence-corrected chi connectivity index (χ2v) is 16.0. The molecule has 4 fully saturated rings. The van der Waals surface area contributed by atoms with E-state index in [2.05, 4.69) is 42.0 Å². The predicted molar refractivity (Wildman–Crippen MR) is 210 cm³/mol. The van der Waals surface area contributed by atoms with Gasteiger partial charge in [-0.25, -0.2) is 4.79 Å². The molecule has 7 rings (SSSR count). The average molecular weight is 741 g/mol. The number of hydroxylamine groups is 2. The second-order valence-electron chi connectivity index (χ2n) is 16.0. The molecule has 4 aliphatic rings. The lowest BCUT2D eigenvalue weighted by molar-refractivity contribution is -0.176. The number of nitrogens with one attached hydrogen (secondary N) is 4. The first-order valence-corrected chi connectivity index (χ1v) is 19.0. The van der Waals surface area contributed by atoms with E-state index in [4.69, 9.17) is 9.57 Å². The maximum absolute atomic E-state index is 14.5. The maximum Gasteiger partial charge on any atom is 0.319 e. The normalized spacial score (nSPS) is 26.2. The van der Waals surface area contributed by atoms with E-state index < -0.39 is 30.2 Å². The van der Waals surface area contributed by atoms with Crippen LogP contribution in [0.5, 0.6) is 5.75 Å². The van der Waals surface area contributed by atoms with E-state index >= 15 is 0 Å². The Bertz CT molecular complexity index is 1830. The summed E-state index contributed by atoms with van der Waals surface area (Å²) in [6, 6.07) is 19.3. The SMILES string of the molecule is CNC(=O)c1cc(-c2cccc(CN3O[C@@H](CNC(=O)Nc4ccccc4)[C@@H]([C@H](C)O)[C@H]3C(=O)N[C@H]3C[C@@H]4C[C@H]([C@@H]3C)C4(C)C)c2OC)cc(N(C)C)c1. The molecule has 0 unspecified atom stereocenters. The van der Waals surface area contributed by atoms with Gasteiger partial charge in [-0.1, -0.05) is 57.2 Å². The Kier molecular flexibility index (Phi) is 11.6. The Morgan fingerprint density at radius 2 is 1.80 bits per heavy atom. The number of fused-ring (bicyclic) bond motifs is 2. The molecular weight excluding hydrogens is 684 g/mol. The molecule has 1 heterocycles. The van der Waals surface area contributed by atoms with Crippen LogP contribution < -0.4 is 30.9 Å². The highest BCUT2D eigenvalue weighted by Gasteiger charge is 2.57. The first-order valence-electron chi connectivity index (χ1n) is 19.0. The van der Waals surface area contributed by atoms with Gasteiger partial charge < -0.3 is 36.0 Å². The zero-order chi connectivity index (χ0) is 38.9. The summed E-state index contributed by atoms with van der Waals surface area (Å²) >= 11 is 0. The lowest BCUT2D eigenvalue weighted by atomic mass is 9.45. The number of aliphatic hydroxyl groups is 1. The van der Waals surface area contributed by atoms with E-state index in [1.807, 2.05) is 73.6 Å². The average Bonchev–Trinajstić information content (AvgIpc) is 3.52. The quantitative estimate of drug-likeness (QED) is 0.169. The minimum Gasteiger partial charge on any atom is -0.496 e. The van der Waals surface area contributed by atoms with E-state index in [1.54, 1.807) is 38.3 Å². The van der Waals surface area contributed by atoms with Crippen molar-refractivity contribution in [2.24, 2.45) is 29.1 Å². The van der Waals surface area contributed by atoms with Gasteiger partial charge in [0.1, 0.15) is 17.9 Å². The van der Waals surface area contributed by atoms with Gasteiger partial charge in [0.05, 0.1) is 19.8 Å². The largest absolute Gasteiger partial charge is 0.496 e. The van der Waals surface area contributed by atoms with E-state index in [-0.39, 0.29) is 36.4 Å². The van der Waals surface area contributed by atoms with Crippen molar-refractivity contribution in [3.63, 3.8) is 0 Å². The first-order chi connectivity index (χ1) is 25.7. The third kappa shape index (κ3) is 7.78. The fraction of sp³-hybridized carbons (Fsp3) is 0.500. The standard InChI is InChI=1S/C42H56N6O6/c1-24-33-20-29(42(33,3)4)21-34(24)46-40(51)37-36(25(2)49)35(22-44-41(52)45-30-14-10-9-11-15-30)54-48(37)23-26-13-12-16-32(38(26)53-8)27-17-28(39(50)43-5)19-31(18-27)47(6)7/h9-19,24-25,29,33-37,49H,20-23H2,1-8H3,(H,43,50)(H,46,51)(H2,44,45,52)/t24-,25-,29-,33+,34-,35-,36+,37-/m0/s1. The van der Waals surface area contributed by atoms with Gasteiger partial charge in [-0.3, -0.25) is 14.4 Å². The molecule has 0 radical (unpaired) electrons. The lowest BCUT2D eigenvalue weighted by Crippen LogP contribution is -2.62. The fourth-order valence-corrected chi connectivity index (χ4v) is 9.04. The van der Waals surface area contributed by atoms with Crippen molar-refractivity contribution in [1.82, 2.24) is 21.0 Å². The highest BCUT2D eigenvalue weighted by Crippen LogP contribution is 2.61. The van der Waals surface area contributed by atoms with Crippen molar-refractivity contribution in [1.29, 1.82) is 0 Å². The van der Waals surface area contributed by atoms with E-state index in [0.29, 0.717) is 34.8 Å². The molecular formula is C42H56N6O6. The Morgan fingerprint density at radius 3 is 2.43 bits per heavy atom. The summed E-state index contributed by atoms with van der Waals surface area (Å²) in [5, 5.41) is 24.7. The molecule has 1 saturated heterocycles. The number of para-hydroxylation sites is 2. The number of aliphatic hydroxyl groups excluding tert-OH is 1. The van der Waals surface area contributed by atoms with Gasteiger partial charge in [0.25, 0.3) is 5.91 Å². The van der Waals surface area contributed by atoms with Crippen molar-refractivity contribution >= 4 is 29.2 Å². The van der Waals surface area contributed by atoms with Crippen LogP contribution in [-0.4, -0.2) is 87.1 Å². The number of benzene rings is 3. The van der Waals surface area contributed by atoms with Gasteiger partial charge in [0.15, 0.2) is 0 Å². The van der Waals surface area contributed by atoms with Crippen molar-refractivity contribution in [3.8, 4) is 16.9 Å². The number of rotatable bonds is 12. The third-order valence-corrected chi connectivity index (χ3v) is 12.2. The molecule has 3 aromatic rings. The van der Waals surface area contributed by atoms with Gasteiger partial charge in [-0.05, 0) is 78.8 Å². The van der Waals surface area contributed by atoms with Crippen molar-refractivity contribution in [3.05, 3.63) is 77.9 Å². The molecule has 4 amide bonds. The summed E-state index contributed by atoms with van der Waals surface area (Å²) in [4.78, 5) is 48.8. The van der Waals surface area contributed by atoms with Crippen molar-refractivity contribution in [2.45, 2.75) is 71.4 Å². The summed E-state index contributed by atoms with van der Waals surface area (Å²) in [7, 11) is 7.04. The molecule has 290 valence electrons.